The zero-order valence-corrected chi connectivity index (χ0v) is 12.0. The zero-order chi connectivity index (χ0) is 14.5. The van der Waals surface area contributed by atoms with Crippen LogP contribution in [0.4, 0.5) is 0 Å². The van der Waals surface area contributed by atoms with Crippen molar-refractivity contribution >= 4 is 5.91 Å². The lowest BCUT2D eigenvalue weighted by Crippen LogP contribution is -2.26. The van der Waals surface area contributed by atoms with Crippen molar-refractivity contribution in [2.24, 2.45) is 0 Å². The summed E-state index contributed by atoms with van der Waals surface area (Å²) >= 11 is 0. The fourth-order valence-electron chi connectivity index (χ4n) is 2.19. The van der Waals surface area contributed by atoms with Gasteiger partial charge in [0.1, 0.15) is 5.75 Å². The molecule has 1 aromatic heterocycles. The second-order valence-electron chi connectivity index (χ2n) is 4.63. The van der Waals surface area contributed by atoms with Gasteiger partial charge in [0, 0.05) is 12.2 Å². The van der Waals surface area contributed by atoms with Crippen LogP contribution in [-0.2, 0) is 6.42 Å². The SMILES string of the molecule is COc1ccccc1CCNC(=O)c1c(C)n[nH]c1C. The van der Waals surface area contributed by atoms with E-state index in [9.17, 15) is 4.79 Å². The van der Waals surface area contributed by atoms with Crippen LogP contribution in [0.2, 0.25) is 0 Å². The summed E-state index contributed by atoms with van der Waals surface area (Å²) in [6.07, 6.45) is 0.728. The molecule has 0 aliphatic rings. The number of para-hydroxylation sites is 1. The number of amides is 1. The molecule has 2 rings (SSSR count). The number of carbonyl (C=O) groups excluding carboxylic acids is 1. The molecule has 1 amide bonds. The van der Waals surface area contributed by atoms with Crippen LogP contribution in [0.3, 0.4) is 0 Å². The Balaban J connectivity index is 1.95. The molecular formula is C15H19N3O2. The molecule has 0 unspecified atom stereocenters. The Labute approximate surface area is 118 Å². The lowest BCUT2D eigenvalue weighted by molar-refractivity contribution is 0.0953. The van der Waals surface area contributed by atoms with Crippen molar-refractivity contribution in [2.75, 3.05) is 13.7 Å². The normalized spacial score (nSPS) is 10.3. The molecule has 0 atom stereocenters. The van der Waals surface area contributed by atoms with Crippen LogP contribution >= 0.6 is 0 Å². The van der Waals surface area contributed by atoms with Gasteiger partial charge >= 0.3 is 0 Å². The molecular weight excluding hydrogens is 254 g/mol. The number of aryl methyl sites for hydroxylation is 2. The van der Waals surface area contributed by atoms with E-state index in [4.69, 9.17) is 4.74 Å². The highest BCUT2D eigenvalue weighted by atomic mass is 16.5. The van der Waals surface area contributed by atoms with Crippen molar-refractivity contribution in [1.29, 1.82) is 0 Å². The number of carbonyl (C=O) groups is 1. The minimum absolute atomic E-state index is 0.0938. The maximum Gasteiger partial charge on any atom is 0.255 e. The zero-order valence-electron chi connectivity index (χ0n) is 12.0. The molecule has 2 aromatic rings. The molecule has 0 aliphatic carbocycles. The number of methoxy groups -OCH3 is 1. The molecule has 0 saturated heterocycles. The van der Waals surface area contributed by atoms with E-state index in [1.807, 2.05) is 38.1 Å². The number of hydrogen-bond donors (Lipinski definition) is 2. The van der Waals surface area contributed by atoms with Crippen LogP contribution in [0.5, 0.6) is 5.75 Å². The first-order valence-corrected chi connectivity index (χ1v) is 6.55. The highest BCUT2D eigenvalue weighted by Crippen LogP contribution is 2.17. The quantitative estimate of drug-likeness (QED) is 0.875. The minimum Gasteiger partial charge on any atom is -0.496 e. The number of H-pyrrole nitrogens is 1. The summed E-state index contributed by atoms with van der Waals surface area (Å²) in [7, 11) is 1.65. The van der Waals surface area contributed by atoms with Gasteiger partial charge in [0.25, 0.3) is 5.91 Å². The predicted octanol–water partition coefficient (Wildman–Crippen LogP) is 2.01. The molecule has 0 bridgehead atoms. The van der Waals surface area contributed by atoms with Crippen molar-refractivity contribution in [3.63, 3.8) is 0 Å². The molecule has 0 saturated carbocycles. The number of aromatic amines is 1. The van der Waals surface area contributed by atoms with Gasteiger partial charge in [0.05, 0.1) is 18.4 Å². The lowest BCUT2D eigenvalue weighted by Gasteiger charge is -2.09. The number of hydrogen-bond acceptors (Lipinski definition) is 3. The van der Waals surface area contributed by atoms with Crippen molar-refractivity contribution in [1.82, 2.24) is 15.5 Å². The van der Waals surface area contributed by atoms with Crippen LogP contribution < -0.4 is 10.1 Å². The maximum absolute atomic E-state index is 12.1. The molecule has 106 valence electrons. The van der Waals surface area contributed by atoms with E-state index in [0.717, 1.165) is 29.1 Å². The van der Waals surface area contributed by atoms with E-state index >= 15 is 0 Å². The topological polar surface area (TPSA) is 67.0 Å². The molecule has 5 nitrogen and oxygen atoms in total. The molecule has 1 heterocycles. The summed E-state index contributed by atoms with van der Waals surface area (Å²) < 4.78 is 5.29. The Hall–Kier alpha value is -2.30. The number of nitrogens with one attached hydrogen (secondary N) is 2. The van der Waals surface area contributed by atoms with Gasteiger partial charge in [-0.1, -0.05) is 18.2 Å². The van der Waals surface area contributed by atoms with Crippen LogP contribution in [-0.4, -0.2) is 29.8 Å². The van der Waals surface area contributed by atoms with Crippen molar-refractivity contribution in [2.45, 2.75) is 20.3 Å². The number of benzene rings is 1. The molecule has 0 fully saturated rings. The highest BCUT2D eigenvalue weighted by Gasteiger charge is 2.14. The Morgan fingerprint density at radius 1 is 1.35 bits per heavy atom. The van der Waals surface area contributed by atoms with Gasteiger partial charge in [-0.2, -0.15) is 5.10 Å². The molecule has 0 radical (unpaired) electrons. The van der Waals surface area contributed by atoms with E-state index in [1.54, 1.807) is 7.11 Å². The number of rotatable bonds is 5. The monoisotopic (exact) mass is 273 g/mol. The van der Waals surface area contributed by atoms with Crippen molar-refractivity contribution < 1.29 is 9.53 Å². The summed E-state index contributed by atoms with van der Waals surface area (Å²) in [6, 6.07) is 7.81. The summed E-state index contributed by atoms with van der Waals surface area (Å²) in [6.45, 7) is 4.22. The molecule has 5 heteroatoms. The van der Waals surface area contributed by atoms with Gasteiger partial charge in [0.15, 0.2) is 0 Å². The van der Waals surface area contributed by atoms with E-state index < -0.39 is 0 Å². The van der Waals surface area contributed by atoms with Crippen LogP contribution in [0.15, 0.2) is 24.3 Å². The number of ether oxygens (including phenoxy) is 1. The first-order valence-electron chi connectivity index (χ1n) is 6.55. The first kappa shape index (κ1) is 14.1. The summed E-state index contributed by atoms with van der Waals surface area (Å²) in [4.78, 5) is 12.1. The van der Waals surface area contributed by atoms with E-state index in [2.05, 4.69) is 15.5 Å². The van der Waals surface area contributed by atoms with Gasteiger partial charge < -0.3 is 10.1 Å². The van der Waals surface area contributed by atoms with Gasteiger partial charge in [-0.3, -0.25) is 9.89 Å². The minimum atomic E-state index is -0.0938. The average Bonchev–Trinajstić information content (AvgIpc) is 2.78. The van der Waals surface area contributed by atoms with Gasteiger partial charge in [-0.25, -0.2) is 0 Å². The molecule has 2 N–H and O–H groups in total. The largest absolute Gasteiger partial charge is 0.496 e. The summed E-state index contributed by atoms with van der Waals surface area (Å²) in [5, 5.41) is 9.75. The summed E-state index contributed by atoms with van der Waals surface area (Å²) in [5.41, 5.74) is 3.22. The third-order valence-electron chi connectivity index (χ3n) is 3.23. The third-order valence-corrected chi connectivity index (χ3v) is 3.23. The number of nitrogens with zero attached hydrogens (tertiary/aromatic N) is 1. The predicted molar refractivity (Wildman–Crippen MR) is 77.1 cm³/mol. The fraction of sp³-hybridized carbons (Fsp3) is 0.333. The second kappa shape index (κ2) is 6.23. The van der Waals surface area contributed by atoms with Gasteiger partial charge in [-0.15, -0.1) is 0 Å². The smallest absolute Gasteiger partial charge is 0.255 e. The Morgan fingerprint density at radius 3 is 2.75 bits per heavy atom. The number of aromatic nitrogens is 2. The first-order chi connectivity index (χ1) is 9.63. The van der Waals surface area contributed by atoms with Crippen LogP contribution in [0.1, 0.15) is 27.3 Å². The van der Waals surface area contributed by atoms with Gasteiger partial charge in [-0.05, 0) is 31.9 Å². The van der Waals surface area contributed by atoms with Crippen LogP contribution in [0.25, 0.3) is 0 Å². The summed E-state index contributed by atoms with van der Waals surface area (Å²) in [5.74, 6) is 0.751. The van der Waals surface area contributed by atoms with Crippen molar-refractivity contribution in [3.05, 3.63) is 46.8 Å². The lowest BCUT2D eigenvalue weighted by atomic mass is 10.1. The molecule has 20 heavy (non-hydrogen) atoms. The fourth-order valence-corrected chi connectivity index (χ4v) is 2.19. The molecule has 0 aliphatic heterocycles. The molecule has 1 aromatic carbocycles. The third kappa shape index (κ3) is 2.99. The second-order valence-corrected chi connectivity index (χ2v) is 4.63. The average molecular weight is 273 g/mol. The van der Waals surface area contributed by atoms with E-state index in [-0.39, 0.29) is 5.91 Å². The van der Waals surface area contributed by atoms with E-state index in [1.165, 1.54) is 0 Å². The Bertz CT molecular complexity index is 585. The van der Waals surface area contributed by atoms with Gasteiger partial charge in [0.2, 0.25) is 0 Å². The van der Waals surface area contributed by atoms with Crippen molar-refractivity contribution in [3.8, 4) is 5.75 Å². The Kier molecular flexibility index (Phi) is 4.40. The van der Waals surface area contributed by atoms with E-state index in [0.29, 0.717) is 12.1 Å². The Morgan fingerprint density at radius 2 is 2.10 bits per heavy atom. The molecule has 0 spiro atoms. The highest BCUT2D eigenvalue weighted by molar-refractivity contribution is 5.96. The standard InChI is InChI=1S/C15H19N3O2/c1-10-14(11(2)18-17-10)15(19)16-9-8-12-6-4-5-7-13(12)20-3/h4-7H,8-9H2,1-3H3,(H,16,19)(H,17,18). The van der Waals surface area contributed by atoms with Crippen LogP contribution in [0, 0.1) is 13.8 Å². The maximum atomic E-state index is 12.1.